The maximum absolute atomic E-state index is 12.2. The highest BCUT2D eigenvalue weighted by Gasteiger charge is 2.36. The lowest BCUT2D eigenvalue weighted by molar-refractivity contribution is -0.281. The minimum absolute atomic E-state index is 0.00403. The highest BCUT2D eigenvalue weighted by atomic mass is 32.2. The fourth-order valence-electron chi connectivity index (χ4n) is 2.85. The summed E-state index contributed by atoms with van der Waals surface area (Å²) in [4.78, 5) is 0. The Morgan fingerprint density at radius 1 is 0.920 bits per heavy atom. The lowest BCUT2D eigenvalue weighted by Crippen LogP contribution is -2.39. The van der Waals surface area contributed by atoms with E-state index in [1.165, 1.54) is 0 Å². The lowest BCUT2D eigenvalue weighted by Gasteiger charge is -2.37. The van der Waals surface area contributed by atoms with Gasteiger partial charge in [-0.05, 0) is 12.0 Å². The minimum atomic E-state index is -3.66. The SMILES string of the molecule is O=S(=O)(Cc1ccccc1)OCCC1(c2ccccc2)OCCCO1. The van der Waals surface area contributed by atoms with Gasteiger partial charge in [0, 0.05) is 12.0 Å². The van der Waals surface area contributed by atoms with E-state index in [0.717, 1.165) is 12.0 Å². The summed E-state index contributed by atoms with van der Waals surface area (Å²) >= 11 is 0. The molecular weight excluding hydrogens is 340 g/mol. The molecule has 5 nitrogen and oxygen atoms in total. The van der Waals surface area contributed by atoms with Crippen LogP contribution in [-0.4, -0.2) is 28.2 Å². The van der Waals surface area contributed by atoms with Crippen LogP contribution in [0.2, 0.25) is 0 Å². The zero-order valence-corrected chi connectivity index (χ0v) is 14.8. The summed E-state index contributed by atoms with van der Waals surface area (Å²) in [5.74, 6) is -1.09. The zero-order chi connectivity index (χ0) is 17.6. The second-order valence-corrected chi connectivity index (χ2v) is 7.57. The van der Waals surface area contributed by atoms with Gasteiger partial charge in [0.1, 0.15) is 5.75 Å². The first-order valence-electron chi connectivity index (χ1n) is 8.34. The van der Waals surface area contributed by atoms with Gasteiger partial charge in [-0.25, -0.2) is 0 Å². The van der Waals surface area contributed by atoms with Crippen LogP contribution in [0.3, 0.4) is 0 Å². The molecule has 0 aliphatic carbocycles. The molecule has 25 heavy (non-hydrogen) atoms. The Balaban J connectivity index is 1.64. The molecule has 2 aromatic rings. The molecule has 1 aliphatic rings. The van der Waals surface area contributed by atoms with Gasteiger partial charge in [0.15, 0.2) is 5.79 Å². The fourth-order valence-corrected chi connectivity index (χ4v) is 3.87. The summed E-state index contributed by atoms with van der Waals surface area (Å²) < 4.78 is 41.3. The van der Waals surface area contributed by atoms with Gasteiger partial charge < -0.3 is 9.47 Å². The van der Waals surface area contributed by atoms with Crippen LogP contribution in [0.5, 0.6) is 0 Å². The highest BCUT2D eigenvalue weighted by Crippen LogP contribution is 2.34. The highest BCUT2D eigenvalue weighted by molar-refractivity contribution is 7.85. The number of benzene rings is 2. The van der Waals surface area contributed by atoms with Crippen LogP contribution in [0.15, 0.2) is 60.7 Å². The summed E-state index contributed by atoms with van der Waals surface area (Å²) in [6.07, 6.45) is 1.13. The molecule has 1 heterocycles. The Hall–Kier alpha value is -1.73. The predicted molar refractivity (Wildman–Crippen MR) is 94.3 cm³/mol. The summed E-state index contributed by atoms with van der Waals surface area (Å²) in [5.41, 5.74) is 1.57. The third-order valence-electron chi connectivity index (χ3n) is 4.05. The molecule has 0 saturated carbocycles. The van der Waals surface area contributed by atoms with Gasteiger partial charge in [-0.15, -0.1) is 0 Å². The quantitative estimate of drug-likeness (QED) is 0.708. The lowest BCUT2D eigenvalue weighted by atomic mass is 10.0. The summed E-state index contributed by atoms with van der Waals surface area (Å²) in [7, 11) is -3.66. The van der Waals surface area contributed by atoms with Crippen molar-refractivity contribution in [3.05, 3.63) is 71.8 Å². The van der Waals surface area contributed by atoms with Crippen LogP contribution in [0, 0.1) is 0 Å². The van der Waals surface area contributed by atoms with Crippen molar-refractivity contribution in [2.24, 2.45) is 0 Å². The number of hydrogen-bond acceptors (Lipinski definition) is 5. The van der Waals surface area contributed by atoms with Gasteiger partial charge in [0.2, 0.25) is 0 Å². The van der Waals surface area contributed by atoms with E-state index in [4.69, 9.17) is 13.7 Å². The number of rotatable bonds is 7. The Kier molecular flexibility index (Phi) is 5.86. The molecule has 0 N–H and O–H groups in total. The van der Waals surface area contributed by atoms with Gasteiger partial charge in [-0.2, -0.15) is 8.42 Å². The van der Waals surface area contributed by atoms with E-state index in [1.807, 2.05) is 36.4 Å². The molecule has 134 valence electrons. The van der Waals surface area contributed by atoms with Crippen molar-refractivity contribution in [3.8, 4) is 0 Å². The van der Waals surface area contributed by atoms with Crippen LogP contribution in [-0.2, 0) is 35.3 Å². The molecule has 6 heteroatoms. The molecule has 3 rings (SSSR count). The Bertz CT molecular complexity index is 753. The average molecular weight is 362 g/mol. The number of ether oxygens (including phenoxy) is 2. The first kappa shape index (κ1) is 18.1. The predicted octanol–water partition coefficient (Wildman–Crippen LogP) is 3.21. The van der Waals surface area contributed by atoms with Gasteiger partial charge >= 0.3 is 0 Å². The monoisotopic (exact) mass is 362 g/mol. The topological polar surface area (TPSA) is 61.8 Å². The second kappa shape index (κ2) is 8.10. The molecular formula is C19H22O5S. The molecule has 0 aromatic heterocycles. The first-order valence-corrected chi connectivity index (χ1v) is 9.92. The van der Waals surface area contributed by atoms with Gasteiger partial charge in [-0.1, -0.05) is 60.7 Å². The molecule has 0 spiro atoms. The van der Waals surface area contributed by atoms with Crippen molar-refractivity contribution in [2.45, 2.75) is 24.4 Å². The first-order chi connectivity index (χ1) is 12.1. The second-order valence-electron chi connectivity index (χ2n) is 5.93. The summed E-state index contributed by atoms with van der Waals surface area (Å²) in [6, 6.07) is 18.6. The van der Waals surface area contributed by atoms with E-state index in [2.05, 4.69) is 0 Å². The third kappa shape index (κ3) is 4.89. The molecule has 0 bridgehead atoms. The smallest absolute Gasteiger partial charge is 0.271 e. The maximum atomic E-state index is 12.2. The molecule has 0 atom stereocenters. The molecule has 2 aromatic carbocycles. The van der Waals surface area contributed by atoms with Crippen molar-refractivity contribution < 1.29 is 22.1 Å². The van der Waals surface area contributed by atoms with Crippen molar-refractivity contribution in [1.82, 2.24) is 0 Å². The van der Waals surface area contributed by atoms with Crippen LogP contribution >= 0.6 is 0 Å². The van der Waals surface area contributed by atoms with Crippen molar-refractivity contribution in [3.63, 3.8) is 0 Å². The van der Waals surface area contributed by atoms with Crippen LogP contribution < -0.4 is 0 Å². The molecule has 0 radical (unpaired) electrons. The largest absolute Gasteiger partial charge is 0.346 e. The van der Waals surface area contributed by atoms with Crippen LogP contribution in [0.4, 0.5) is 0 Å². The average Bonchev–Trinajstić information content (AvgIpc) is 2.63. The van der Waals surface area contributed by atoms with E-state index in [-0.39, 0.29) is 12.4 Å². The standard InChI is InChI=1S/C19H22O5S/c20-25(21,16-17-8-3-1-4-9-17)24-15-12-19(22-13-7-14-23-19)18-10-5-2-6-11-18/h1-6,8-11H,7,12-16H2. The van der Waals surface area contributed by atoms with Gasteiger partial charge in [0.25, 0.3) is 10.1 Å². The molecule has 0 amide bonds. The van der Waals surface area contributed by atoms with Crippen LogP contribution in [0.1, 0.15) is 24.0 Å². The maximum Gasteiger partial charge on any atom is 0.271 e. The Morgan fingerprint density at radius 3 is 2.16 bits per heavy atom. The Labute approximate surface area is 148 Å². The van der Waals surface area contributed by atoms with E-state index < -0.39 is 15.9 Å². The molecule has 0 unspecified atom stereocenters. The van der Waals surface area contributed by atoms with Crippen LogP contribution in [0.25, 0.3) is 0 Å². The van der Waals surface area contributed by atoms with E-state index >= 15 is 0 Å². The zero-order valence-electron chi connectivity index (χ0n) is 14.0. The van der Waals surface area contributed by atoms with Crippen molar-refractivity contribution >= 4 is 10.1 Å². The number of hydrogen-bond donors (Lipinski definition) is 0. The molecule has 1 aliphatic heterocycles. The summed E-state index contributed by atoms with van der Waals surface area (Å²) in [6.45, 7) is 1.15. The Morgan fingerprint density at radius 2 is 1.52 bits per heavy atom. The van der Waals surface area contributed by atoms with E-state index in [9.17, 15) is 8.42 Å². The fraction of sp³-hybridized carbons (Fsp3) is 0.368. The normalized spacial score (nSPS) is 17.3. The summed E-state index contributed by atoms with van der Waals surface area (Å²) in [5, 5.41) is 0. The van der Waals surface area contributed by atoms with Gasteiger partial charge in [0.05, 0.1) is 19.8 Å². The molecule has 1 fully saturated rings. The van der Waals surface area contributed by atoms with E-state index in [1.54, 1.807) is 24.3 Å². The molecule has 1 saturated heterocycles. The van der Waals surface area contributed by atoms with Gasteiger partial charge in [-0.3, -0.25) is 4.18 Å². The third-order valence-corrected chi connectivity index (χ3v) is 5.27. The van der Waals surface area contributed by atoms with Crippen molar-refractivity contribution in [1.29, 1.82) is 0 Å². The van der Waals surface area contributed by atoms with E-state index in [0.29, 0.717) is 25.2 Å². The van der Waals surface area contributed by atoms with Crippen molar-refractivity contribution in [2.75, 3.05) is 19.8 Å². The minimum Gasteiger partial charge on any atom is -0.346 e.